The second kappa shape index (κ2) is 5.85. The highest BCUT2D eigenvalue weighted by Gasteiger charge is 2.08. The minimum absolute atomic E-state index is 0.482. The molecule has 0 aliphatic carbocycles. The smallest absolute Gasteiger partial charge is 0.218 e. The lowest BCUT2D eigenvalue weighted by Gasteiger charge is -2.13. The van der Waals surface area contributed by atoms with Gasteiger partial charge in [-0.05, 0) is 37.8 Å². The van der Waals surface area contributed by atoms with Gasteiger partial charge < -0.3 is 10.5 Å². The number of aromatic nitrogens is 1. The van der Waals surface area contributed by atoms with Gasteiger partial charge in [0.05, 0.1) is 6.61 Å². The monoisotopic (exact) mass is 222 g/mol. The first-order valence-electron chi connectivity index (χ1n) is 5.84. The molecule has 0 amide bonds. The number of nitrogens with two attached hydrogens (primary N) is 1. The zero-order valence-corrected chi connectivity index (χ0v) is 10.7. The Kier molecular flexibility index (Phi) is 4.74. The molecule has 1 aromatic rings. The summed E-state index contributed by atoms with van der Waals surface area (Å²) in [6.45, 7) is 9.58. The SMILES string of the molecule is Cc1cc(C)c(CN)c(OCCC(C)C)n1. The standard InChI is InChI=1S/C13H22N2O/c1-9(2)5-6-16-13-12(8-14)10(3)7-11(4)15-13/h7,9H,5-6,8,14H2,1-4H3. The van der Waals surface area contributed by atoms with Gasteiger partial charge in [0, 0.05) is 17.8 Å². The van der Waals surface area contributed by atoms with Crippen LogP contribution in [0.5, 0.6) is 5.88 Å². The van der Waals surface area contributed by atoms with Crippen LogP contribution in [0, 0.1) is 19.8 Å². The van der Waals surface area contributed by atoms with E-state index in [-0.39, 0.29) is 0 Å². The first kappa shape index (κ1) is 13.0. The molecular formula is C13H22N2O. The third-order valence-corrected chi connectivity index (χ3v) is 2.58. The van der Waals surface area contributed by atoms with Crippen LogP contribution in [0.2, 0.25) is 0 Å². The Bertz CT molecular complexity index is 348. The first-order chi connectivity index (χ1) is 7.54. The Morgan fingerprint density at radius 1 is 1.38 bits per heavy atom. The molecule has 0 unspecified atom stereocenters. The fourth-order valence-corrected chi connectivity index (χ4v) is 1.59. The molecule has 0 saturated carbocycles. The number of rotatable bonds is 5. The van der Waals surface area contributed by atoms with Gasteiger partial charge in [-0.1, -0.05) is 13.8 Å². The van der Waals surface area contributed by atoms with Crippen molar-refractivity contribution in [2.24, 2.45) is 11.7 Å². The summed E-state index contributed by atoms with van der Waals surface area (Å²) in [5.41, 5.74) is 8.88. The van der Waals surface area contributed by atoms with Gasteiger partial charge in [0.25, 0.3) is 0 Å². The lowest BCUT2D eigenvalue weighted by Crippen LogP contribution is -2.09. The average Bonchev–Trinajstić information content (AvgIpc) is 2.16. The molecular weight excluding hydrogens is 200 g/mol. The molecule has 90 valence electrons. The summed E-state index contributed by atoms with van der Waals surface area (Å²) < 4.78 is 5.71. The summed E-state index contributed by atoms with van der Waals surface area (Å²) >= 11 is 0. The summed E-state index contributed by atoms with van der Waals surface area (Å²) in [5, 5.41) is 0. The van der Waals surface area contributed by atoms with Gasteiger partial charge in [-0.3, -0.25) is 0 Å². The van der Waals surface area contributed by atoms with E-state index in [2.05, 4.69) is 18.8 Å². The van der Waals surface area contributed by atoms with E-state index < -0.39 is 0 Å². The van der Waals surface area contributed by atoms with E-state index in [1.807, 2.05) is 19.9 Å². The van der Waals surface area contributed by atoms with Crippen LogP contribution < -0.4 is 10.5 Å². The maximum Gasteiger partial charge on any atom is 0.218 e. The summed E-state index contributed by atoms with van der Waals surface area (Å²) in [7, 11) is 0. The van der Waals surface area contributed by atoms with Crippen molar-refractivity contribution >= 4 is 0 Å². The number of hydrogen-bond donors (Lipinski definition) is 1. The summed E-state index contributed by atoms with van der Waals surface area (Å²) in [6.07, 6.45) is 1.04. The molecule has 0 aromatic carbocycles. The van der Waals surface area contributed by atoms with E-state index in [0.29, 0.717) is 24.9 Å². The van der Waals surface area contributed by atoms with Gasteiger partial charge in [-0.25, -0.2) is 4.98 Å². The van der Waals surface area contributed by atoms with Crippen LogP contribution in [0.3, 0.4) is 0 Å². The third kappa shape index (κ3) is 3.49. The topological polar surface area (TPSA) is 48.1 Å². The Hall–Kier alpha value is -1.09. The molecule has 0 radical (unpaired) electrons. The molecule has 1 rings (SSSR count). The van der Waals surface area contributed by atoms with Crippen molar-refractivity contribution in [3.8, 4) is 5.88 Å². The van der Waals surface area contributed by atoms with E-state index in [4.69, 9.17) is 10.5 Å². The lowest BCUT2D eigenvalue weighted by atomic mass is 10.1. The second-order valence-electron chi connectivity index (χ2n) is 4.60. The molecule has 2 N–H and O–H groups in total. The Labute approximate surface area is 98.0 Å². The van der Waals surface area contributed by atoms with E-state index in [0.717, 1.165) is 23.2 Å². The summed E-state index contributed by atoms with van der Waals surface area (Å²) in [6, 6.07) is 2.04. The van der Waals surface area contributed by atoms with Crippen LogP contribution in [-0.4, -0.2) is 11.6 Å². The number of ether oxygens (including phenoxy) is 1. The Balaban J connectivity index is 2.77. The molecule has 0 fully saturated rings. The van der Waals surface area contributed by atoms with E-state index >= 15 is 0 Å². The van der Waals surface area contributed by atoms with E-state index in [9.17, 15) is 0 Å². The molecule has 3 heteroatoms. The number of nitrogens with zero attached hydrogens (tertiary/aromatic N) is 1. The number of aryl methyl sites for hydroxylation is 2. The van der Waals surface area contributed by atoms with Crippen LogP contribution in [-0.2, 0) is 6.54 Å². The zero-order chi connectivity index (χ0) is 12.1. The summed E-state index contributed by atoms with van der Waals surface area (Å²) in [5.74, 6) is 1.35. The minimum Gasteiger partial charge on any atom is -0.477 e. The van der Waals surface area contributed by atoms with Crippen molar-refractivity contribution in [3.05, 3.63) is 22.9 Å². The van der Waals surface area contributed by atoms with E-state index in [1.165, 1.54) is 0 Å². The summed E-state index contributed by atoms with van der Waals surface area (Å²) in [4.78, 5) is 4.40. The first-order valence-corrected chi connectivity index (χ1v) is 5.84. The fraction of sp³-hybridized carbons (Fsp3) is 0.615. The van der Waals surface area contributed by atoms with Gasteiger partial charge in [0.2, 0.25) is 5.88 Å². The van der Waals surface area contributed by atoms with Crippen molar-refractivity contribution in [1.29, 1.82) is 0 Å². The van der Waals surface area contributed by atoms with Gasteiger partial charge in [0.15, 0.2) is 0 Å². The van der Waals surface area contributed by atoms with Crippen LogP contribution in [0.15, 0.2) is 6.07 Å². The highest BCUT2D eigenvalue weighted by atomic mass is 16.5. The minimum atomic E-state index is 0.482. The third-order valence-electron chi connectivity index (χ3n) is 2.58. The molecule has 3 nitrogen and oxygen atoms in total. The lowest BCUT2D eigenvalue weighted by molar-refractivity contribution is 0.276. The van der Waals surface area contributed by atoms with Gasteiger partial charge in [0.1, 0.15) is 0 Å². The highest BCUT2D eigenvalue weighted by Crippen LogP contribution is 2.20. The number of hydrogen-bond acceptors (Lipinski definition) is 3. The van der Waals surface area contributed by atoms with Gasteiger partial charge >= 0.3 is 0 Å². The van der Waals surface area contributed by atoms with Crippen molar-refractivity contribution < 1.29 is 4.74 Å². The van der Waals surface area contributed by atoms with Crippen LogP contribution >= 0.6 is 0 Å². The molecule has 0 aliphatic heterocycles. The van der Waals surface area contributed by atoms with Gasteiger partial charge in [-0.15, -0.1) is 0 Å². The zero-order valence-electron chi connectivity index (χ0n) is 10.7. The van der Waals surface area contributed by atoms with E-state index in [1.54, 1.807) is 0 Å². The van der Waals surface area contributed by atoms with Crippen molar-refractivity contribution in [1.82, 2.24) is 4.98 Å². The molecule has 16 heavy (non-hydrogen) atoms. The van der Waals surface area contributed by atoms with Crippen molar-refractivity contribution in [2.45, 2.75) is 40.7 Å². The van der Waals surface area contributed by atoms with Crippen molar-refractivity contribution in [2.75, 3.05) is 6.61 Å². The Morgan fingerprint density at radius 2 is 2.06 bits per heavy atom. The highest BCUT2D eigenvalue weighted by molar-refractivity contribution is 5.35. The fourth-order valence-electron chi connectivity index (χ4n) is 1.59. The quantitative estimate of drug-likeness (QED) is 0.833. The largest absolute Gasteiger partial charge is 0.477 e. The van der Waals surface area contributed by atoms with Crippen LogP contribution in [0.1, 0.15) is 37.1 Å². The predicted octanol–water partition coefficient (Wildman–Crippen LogP) is 2.58. The Morgan fingerprint density at radius 3 is 2.62 bits per heavy atom. The number of pyridine rings is 1. The van der Waals surface area contributed by atoms with Gasteiger partial charge in [-0.2, -0.15) is 0 Å². The molecule has 1 heterocycles. The molecule has 0 aliphatic rings. The molecule has 1 aromatic heterocycles. The molecule has 0 spiro atoms. The van der Waals surface area contributed by atoms with Crippen LogP contribution in [0.25, 0.3) is 0 Å². The maximum atomic E-state index is 5.71. The van der Waals surface area contributed by atoms with Crippen molar-refractivity contribution in [3.63, 3.8) is 0 Å². The average molecular weight is 222 g/mol. The maximum absolute atomic E-state index is 5.71. The predicted molar refractivity (Wildman–Crippen MR) is 66.6 cm³/mol. The van der Waals surface area contributed by atoms with Crippen LogP contribution in [0.4, 0.5) is 0 Å². The molecule has 0 atom stereocenters. The second-order valence-corrected chi connectivity index (χ2v) is 4.60. The molecule has 0 bridgehead atoms. The molecule has 0 saturated heterocycles. The normalized spacial score (nSPS) is 10.9.